The molecule has 0 spiro atoms. The molecular formula is C23H20ClN3O2S. The monoisotopic (exact) mass is 437 g/mol. The topological polar surface area (TPSA) is 56.2 Å². The Morgan fingerprint density at radius 3 is 2.67 bits per heavy atom. The highest BCUT2D eigenvalue weighted by Crippen LogP contribution is 2.21. The van der Waals surface area contributed by atoms with Crippen LogP contribution in [-0.4, -0.2) is 15.7 Å². The van der Waals surface area contributed by atoms with Crippen molar-refractivity contribution in [2.75, 3.05) is 5.32 Å². The molecule has 30 heavy (non-hydrogen) atoms. The minimum atomic E-state index is -0.160. The van der Waals surface area contributed by atoms with Crippen molar-refractivity contribution >= 4 is 34.5 Å². The van der Waals surface area contributed by atoms with Crippen LogP contribution in [0.25, 0.3) is 0 Å². The van der Waals surface area contributed by atoms with Gasteiger partial charge in [0.05, 0.1) is 23.3 Å². The van der Waals surface area contributed by atoms with Gasteiger partial charge < -0.3 is 10.1 Å². The van der Waals surface area contributed by atoms with Gasteiger partial charge in [-0.15, -0.1) is 11.3 Å². The molecule has 4 aromatic rings. The van der Waals surface area contributed by atoms with Crippen LogP contribution in [0.4, 0.5) is 5.69 Å². The highest BCUT2D eigenvalue weighted by atomic mass is 35.5. The zero-order valence-electron chi connectivity index (χ0n) is 16.3. The summed E-state index contributed by atoms with van der Waals surface area (Å²) in [5.41, 5.74) is 3.99. The molecule has 2 aromatic carbocycles. The first-order chi connectivity index (χ1) is 14.5. The predicted molar refractivity (Wildman–Crippen MR) is 121 cm³/mol. The molecule has 4 rings (SSSR count). The lowest BCUT2D eigenvalue weighted by Crippen LogP contribution is -2.09. The Labute approximate surface area is 183 Å². The van der Waals surface area contributed by atoms with Crippen LogP contribution >= 0.6 is 22.9 Å². The molecule has 0 fully saturated rings. The lowest BCUT2D eigenvalue weighted by molar-refractivity contribution is 0.103. The highest BCUT2D eigenvalue weighted by molar-refractivity contribution is 7.12. The average Bonchev–Trinajstić information content (AvgIpc) is 3.39. The van der Waals surface area contributed by atoms with E-state index in [4.69, 9.17) is 16.3 Å². The Hall–Kier alpha value is -3.09. The molecule has 1 amide bonds. The number of nitrogens with zero attached hydrogens (tertiary/aromatic N) is 2. The molecule has 1 N–H and O–H groups in total. The molecule has 7 heteroatoms. The summed E-state index contributed by atoms with van der Waals surface area (Å²) < 4.78 is 7.53. The molecule has 2 heterocycles. The molecule has 0 saturated heterocycles. The number of hydrogen-bond acceptors (Lipinski definition) is 4. The second-order valence-corrected chi connectivity index (χ2v) is 8.28. The average molecular weight is 438 g/mol. The zero-order chi connectivity index (χ0) is 20.9. The van der Waals surface area contributed by atoms with Crippen molar-refractivity contribution < 1.29 is 9.53 Å². The molecule has 0 radical (unpaired) electrons. The summed E-state index contributed by atoms with van der Waals surface area (Å²) in [5, 5.41) is 9.82. The van der Waals surface area contributed by atoms with Gasteiger partial charge in [-0.1, -0.05) is 41.4 Å². The number of halogens is 1. The molecule has 0 unspecified atom stereocenters. The molecule has 0 aliphatic heterocycles. The maximum absolute atomic E-state index is 12.6. The number of amides is 1. The van der Waals surface area contributed by atoms with Crippen LogP contribution in [0.3, 0.4) is 0 Å². The summed E-state index contributed by atoms with van der Waals surface area (Å²) in [5.74, 6) is 0.574. The number of anilines is 1. The largest absolute Gasteiger partial charge is 0.489 e. The fraction of sp³-hybridized carbons (Fsp3) is 0.130. The maximum atomic E-state index is 12.6. The van der Waals surface area contributed by atoms with Crippen LogP contribution in [0.2, 0.25) is 5.02 Å². The van der Waals surface area contributed by atoms with E-state index < -0.39 is 0 Å². The molecule has 0 aliphatic carbocycles. The minimum Gasteiger partial charge on any atom is -0.489 e. The molecule has 2 aromatic heterocycles. The first kappa shape index (κ1) is 20.2. The van der Waals surface area contributed by atoms with Crippen molar-refractivity contribution in [3.63, 3.8) is 0 Å². The van der Waals surface area contributed by atoms with E-state index >= 15 is 0 Å². The van der Waals surface area contributed by atoms with Crippen LogP contribution in [-0.2, 0) is 13.2 Å². The van der Waals surface area contributed by atoms with Gasteiger partial charge in [-0.2, -0.15) is 5.10 Å². The van der Waals surface area contributed by atoms with Gasteiger partial charge in [-0.25, -0.2) is 0 Å². The van der Waals surface area contributed by atoms with Gasteiger partial charge in [0, 0.05) is 16.8 Å². The second-order valence-electron chi connectivity index (χ2n) is 6.93. The van der Waals surface area contributed by atoms with Gasteiger partial charge in [-0.05, 0) is 48.2 Å². The number of hydrogen-bond donors (Lipinski definition) is 1. The van der Waals surface area contributed by atoms with E-state index in [1.165, 1.54) is 16.9 Å². The molecule has 152 valence electrons. The van der Waals surface area contributed by atoms with E-state index in [0.29, 0.717) is 28.7 Å². The van der Waals surface area contributed by atoms with Crippen molar-refractivity contribution in [3.05, 3.63) is 99.0 Å². The summed E-state index contributed by atoms with van der Waals surface area (Å²) in [6.07, 6.45) is 3.49. The van der Waals surface area contributed by atoms with E-state index in [1.807, 2.05) is 29.8 Å². The summed E-state index contributed by atoms with van der Waals surface area (Å²) in [6.45, 7) is 3.10. The van der Waals surface area contributed by atoms with E-state index in [0.717, 1.165) is 16.9 Å². The second kappa shape index (κ2) is 9.15. The van der Waals surface area contributed by atoms with Gasteiger partial charge in [0.2, 0.25) is 0 Å². The quantitative estimate of drug-likeness (QED) is 0.398. The Morgan fingerprint density at radius 2 is 1.90 bits per heavy atom. The van der Waals surface area contributed by atoms with Crippen molar-refractivity contribution in [1.82, 2.24) is 9.78 Å². The number of carbonyl (C=O) groups is 1. The molecule has 0 atom stereocenters. The molecule has 5 nitrogen and oxygen atoms in total. The normalized spacial score (nSPS) is 10.7. The number of rotatable bonds is 7. The Bertz CT molecular complexity index is 1130. The van der Waals surface area contributed by atoms with Crippen molar-refractivity contribution in [3.8, 4) is 5.75 Å². The maximum Gasteiger partial charge on any atom is 0.265 e. The van der Waals surface area contributed by atoms with Gasteiger partial charge >= 0.3 is 0 Å². The smallest absolute Gasteiger partial charge is 0.265 e. The summed E-state index contributed by atoms with van der Waals surface area (Å²) in [7, 11) is 0. The third-order valence-electron chi connectivity index (χ3n) is 4.45. The fourth-order valence-corrected chi connectivity index (χ4v) is 3.77. The number of nitrogens with one attached hydrogen (secondary N) is 1. The number of aryl methyl sites for hydroxylation is 1. The summed E-state index contributed by atoms with van der Waals surface area (Å²) in [6, 6.07) is 17.3. The number of ether oxygens (including phenoxy) is 1. The predicted octanol–water partition coefficient (Wildman–Crippen LogP) is 5.79. The minimum absolute atomic E-state index is 0.160. The molecular weight excluding hydrogens is 418 g/mol. The standard InChI is InChI=1S/C23H20ClN3O2S/c1-16-2-4-17(5-3-16)12-27-13-20(11-25-27)26-23(28)22-10-18(15-30-22)14-29-21-8-6-19(24)7-9-21/h2-11,13,15H,12,14H2,1H3,(H,26,28). The van der Waals surface area contributed by atoms with Crippen molar-refractivity contribution in [1.29, 1.82) is 0 Å². The lowest BCUT2D eigenvalue weighted by Gasteiger charge is -2.04. The number of benzene rings is 2. The summed E-state index contributed by atoms with van der Waals surface area (Å²) >= 11 is 7.26. The highest BCUT2D eigenvalue weighted by Gasteiger charge is 2.11. The SMILES string of the molecule is Cc1ccc(Cn2cc(NC(=O)c3cc(COc4ccc(Cl)cc4)cs3)cn2)cc1. The van der Waals surface area contributed by atoms with Gasteiger partial charge in [0.1, 0.15) is 12.4 Å². The van der Waals surface area contributed by atoms with Crippen molar-refractivity contribution in [2.45, 2.75) is 20.1 Å². The first-order valence-electron chi connectivity index (χ1n) is 9.40. The Morgan fingerprint density at radius 1 is 1.13 bits per heavy atom. The van der Waals surface area contributed by atoms with Crippen LogP contribution in [0.1, 0.15) is 26.4 Å². The van der Waals surface area contributed by atoms with Gasteiger partial charge in [0.25, 0.3) is 5.91 Å². The number of thiophene rings is 1. The van der Waals surface area contributed by atoms with Crippen LogP contribution in [0.5, 0.6) is 5.75 Å². The van der Waals surface area contributed by atoms with Gasteiger partial charge in [-0.3, -0.25) is 9.48 Å². The summed E-state index contributed by atoms with van der Waals surface area (Å²) in [4.78, 5) is 13.2. The lowest BCUT2D eigenvalue weighted by atomic mass is 10.1. The Kier molecular flexibility index (Phi) is 6.16. The fourth-order valence-electron chi connectivity index (χ4n) is 2.86. The third-order valence-corrected chi connectivity index (χ3v) is 5.68. The zero-order valence-corrected chi connectivity index (χ0v) is 17.9. The molecule has 0 bridgehead atoms. The van der Waals surface area contributed by atoms with E-state index in [-0.39, 0.29) is 5.91 Å². The van der Waals surface area contributed by atoms with Gasteiger partial charge in [0.15, 0.2) is 0 Å². The number of carbonyl (C=O) groups excluding carboxylic acids is 1. The van der Waals surface area contributed by atoms with E-state index in [1.54, 1.807) is 23.0 Å². The van der Waals surface area contributed by atoms with E-state index in [9.17, 15) is 4.79 Å². The first-order valence-corrected chi connectivity index (χ1v) is 10.7. The van der Waals surface area contributed by atoms with Crippen LogP contribution < -0.4 is 10.1 Å². The number of aromatic nitrogens is 2. The molecule has 0 saturated carbocycles. The third kappa shape index (κ3) is 5.28. The van der Waals surface area contributed by atoms with Crippen LogP contribution in [0.15, 0.2) is 72.4 Å². The molecule has 0 aliphatic rings. The van der Waals surface area contributed by atoms with E-state index in [2.05, 4.69) is 41.6 Å². The van der Waals surface area contributed by atoms with Crippen molar-refractivity contribution in [2.24, 2.45) is 0 Å². The van der Waals surface area contributed by atoms with Crippen LogP contribution in [0, 0.1) is 6.92 Å². The Balaban J connectivity index is 1.32.